The lowest BCUT2D eigenvalue weighted by atomic mass is 9.95. The van der Waals surface area contributed by atoms with Gasteiger partial charge in [-0.2, -0.15) is 0 Å². The van der Waals surface area contributed by atoms with Gasteiger partial charge in [-0.25, -0.2) is 15.0 Å². The zero-order valence-corrected chi connectivity index (χ0v) is 39.0. The van der Waals surface area contributed by atoms with E-state index in [0.29, 0.717) is 17.5 Å². The average Bonchev–Trinajstić information content (AvgIpc) is 4.09. The summed E-state index contributed by atoms with van der Waals surface area (Å²) in [6.07, 6.45) is 0. The Balaban J connectivity index is 1.01. The Kier molecular flexibility index (Phi) is 8.76. The van der Waals surface area contributed by atoms with E-state index < -0.39 is 0 Å². The standard InChI is InChI=1S/C65H39N5S/c1-3-16-40(17-4-1)63-66-64(68-65(67-63)46-30-32-50-48-24-11-13-27-55(48)69(58(50)38-46)47-22-5-2-6-23-47)45-31-33-57(70-56-28-14-12-25-49(56)52-34-41-18-7-9-20-43(41)37-59(52)70)53(36-45)51-26-15-29-60-62(51)54-35-42-19-8-10-21-44(42)39-61(54)71-60/h1-39H. The molecule has 0 saturated carbocycles. The Labute approximate surface area is 411 Å². The number of para-hydroxylation sites is 3. The van der Waals surface area contributed by atoms with Crippen LogP contribution in [-0.2, 0) is 0 Å². The van der Waals surface area contributed by atoms with Crippen molar-refractivity contribution < 1.29 is 0 Å². The Morgan fingerprint density at radius 1 is 0.296 bits per heavy atom. The number of thiophene rings is 1. The number of rotatable bonds is 6. The molecule has 15 rings (SSSR count). The van der Waals surface area contributed by atoms with Gasteiger partial charge < -0.3 is 9.13 Å². The second-order valence-electron chi connectivity index (χ2n) is 18.4. The summed E-state index contributed by atoms with van der Waals surface area (Å²) in [5, 5.41) is 12.2. The molecule has 0 radical (unpaired) electrons. The van der Waals surface area contributed by atoms with Crippen molar-refractivity contribution in [1.29, 1.82) is 0 Å². The molecule has 330 valence electrons. The second kappa shape index (κ2) is 15.7. The third kappa shape index (κ3) is 6.28. The number of fused-ring (bicyclic) bond motifs is 11. The quantitative estimate of drug-likeness (QED) is 0.167. The summed E-state index contributed by atoms with van der Waals surface area (Å²) in [6.45, 7) is 0. The summed E-state index contributed by atoms with van der Waals surface area (Å²) in [7, 11) is 0. The zero-order chi connectivity index (χ0) is 46.6. The van der Waals surface area contributed by atoms with E-state index in [9.17, 15) is 0 Å². The molecule has 0 N–H and O–H groups in total. The molecule has 0 atom stereocenters. The third-order valence-electron chi connectivity index (χ3n) is 14.3. The Bertz CT molecular complexity index is 4640. The van der Waals surface area contributed by atoms with Gasteiger partial charge >= 0.3 is 0 Å². The van der Waals surface area contributed by atoms with E-state index in [4.69, 9.17) is 15.0 Å². The van der Waals surface area contributed by atoms with Crippen LogP contribution in [0.2, 0.25) is 0 Å². The summed E-state index contributed by atoms with van der Waals surface area (Å²) in [4.78, 5) is 16.0. The van der Waals surface area contributed by atoms with Gasteiger partial charge in [0.05, 0.1) is 27.8 Å². The van der Waals surface area contributed by atoms with Gasteiger partial charge in [-0.15, -0.1) is 11.3 Å². The van der Waals surface area contributed by atoms with Gasteiger partial charge in [-0.3, -0.25) is 0 Å². The molecule has 0 bridgehead atoms. The lowest BCUT2D eigenvalue weighted by Gasteiger charge is -2.17. The number of aromatic nitrogens is 5. The highest BCUT2D eigenvalue weighted by atomic mass is 32.1. The molecule has 4 aromatic heterocycles. The number of hydrogen-bond acceptors (Lipinski definition) is 4. The Morgan fingerprint density at radius 2 is 0.831 bits per heavy atom. The number of nitrogens with zero attached hydrogens (tertiary/aromatic N) is 5. The van der Waals surface area contributed by atoms with Crippen LogP contribution in [0, 0.1) is 0 Å². The molecule has 15 aromatic rings. The van der Waals surface area contributed by atoms with E-state index in [1.807, 2.05) is 29.5 Å². The lowest BCUT2D eigenvalue weighted by molar-refractivity contribution is 1.07. The van der Waals surface area contributed by atoms with Crippen LogP contribution >= 0.6 is 11.3 Å². The molecule has 5 nitrogen and oxygen atoms in total. The van der Waals surface area contributed by atoms with Crippen LogP contribution in [0.1, 0.15) is 0 Å². The molecule has 0 aliphatic carbocycles. The molecule has 0 aliphatic heterocycles. The molecule has 0 amide bonds. The van der Waals surface area contributed by atoms with Gasteiger partial charge in [-0.1, -0.05) is 158 Å². The molecule has 6 heteroatoms. The smallest absolute Gasteiger partial charge is 0.164 e. The van der Waals surface area contributed by atoms with E-state index >= 15 is 0 Å². The van der Waals surface area contributed by atoms with E-state index in [-0.39, 0.29) is 0 Å². The molecule has 0 fully saturated rings. The lowest BCUT2D eigenvalue weighted by Crippen LogP contribution is -2.02. The molecule has 0 spiro atoms. The van der Waals surface area contributed by atoms with Crippen LogP contribution in [-0.4, -0.2) is 24.1 Å². The summed E-state index contributed by atoms with van der Waals surface area (Å²) in [5.41, 5.74) is 11.7. The highest BCUT2D eigenvalue weighted by Gasteiger charge is 2.22. The van der Waals surface area contributed by atoms with E-state index in [1.54, 1.807) is 0 Å². The normalized spacial score (nSPS) is 11.9. The first-order valence-electron chi connectivity index (χ1n) is 24.0. The zero-order valence-electron chi connectivity index (χ0n) is 38.2. The second-order valence-corrected chi connectivity index (χ2v) is 19.5. The minimum Gasteiger partial charge on any atom is -0.309 e. The fraction of sp³-hybridized carbons (Fsp3) is 0. The maximum absolute atomic E-state index is 5.42. The van der Waals surface area contributed by atoms with Crippen molar-refractivity contribution in [3.63, 3.8) is 0 Å². The molecule has 4 heterocycles. The predicted octanol–water partition coefficient (Wildman–Crippen LogP) is 17.4. The van der Waals surface area contributed by atoms with Crippen LogP contribution < -0.4 is 0 Å². The minimum absolute atomic E-state index is 0.604. The Morgan fingerprint density at radius 3 is 1.56 bits per heavy atom. The average molecular weight is 922 g/mol. The topological polar surface area (TPSA) is 48.5 Å². The highest BCUT2D eigenvalue weighted by molar-refractivity contribution is 7.26. The van der Waals surface area contributed by atoms with Crippen molar-refractivity contribution in [2.24, 2.45) is 0 Å². The van der Waals surface area contributed by atoms with E-state index in [0.717, 1.165) is 61.3 Å². The largest absolute Gasteiger partial charge is 0.309 e. The third-order valence-corrected chi connectivity index (χ3v) is 15.4. The SMILES string of the molecule is c1ccc(-c2nc(-c3ccc(-n4c5ccccc5c5cc6ccccc6cc54)c(-c4cccc5sc6cc7ccccc7cc6c45)c3)nc(-c3ccc4c5ccccc5n(-c5ccccc5)c4c3)n2)cc1. The van der Waals surface area contributed by atoms with Crippen molar-refractivity contribution in [1.82, 2.24) is 24.1 Å². The van der Waals surface area contributed by atoms with Gasteiger partial charge in [0.2, 0.25) is 0 Å². The van der Waals surface area contributed by atoms with Crippen molar-refractivity contribution in [2.45, 2.75) is 0 Å². The minimum atomic E-state index is 0.604. The van der Waals surface area contributed by atoms with Gasteiger partial charge in [0.1, 0.15) is 0 Å². The summed E-state index contributed by atoms with van der Waals surface area (Å²) < 4.78 is 7.32. The van der Waals surface area contributed by atoms with Crippen LogP contribution in [0.5, 0.6) is 0 Å². The summed E-state index contributed by atoms with van der Waals surface area (Å²) in [5.74, 6) is 1.83. The fourth-order valence-corrected chi connectivity index (χ4v) is 12.2. The summed E-state index contributed by atoms with van der Waals surface area (Å²) in [6, 6.07) is 85.2. The number of benzene rings is 11. The molecule has 11 aromatic carbocycles. The molecular formula is C65H39N5S. The highest BCUT2D eigenvalue weighted by Crippen LogP contribution is 2.46. The molecule has 0 saturated heterocycles. The molecular weight excluding hydrogens is 883 g/mol. The van der Waals surface area contributed by atoms with E-state index in [2.05, 4.69) is 228 Å². The van der Waals surface area contributed by atoms with Crippen molar-refractivity contribution >= 4 is 96.7 Å². The van der Waals surface area contributed by atoms with Crippen LogP contribution in [0.15, 0.2) is 237 Å². The fourth-order valence-electron chi connectivity index (χ4n) is 11.1. The first kappa shape index (κ1) is 39.7. The predicted molar refractivity (Wildman–Crippen MR) is 298 cm³/mol. The van der Waals surface area contributed by atoms with Crippen molar-refractivity contribution in [3.8, 4) is 56.7 Å². The first-order valence-corrected chi connectivity index (χ1v) is 24.8. The molecule has 0 aliphatic rings. The van der Waals surface area contributed by atoms with E-state index in [1.165, 1.54) is 63.3 Å². The number of hydrogen-bond donors (Lipinski definition) is 0. The monoisotopic (exact) mass is 921 g/mol. The molecule has 71 heavy (non-hydrogen) atoms. The van der Waals surface area contributed by atoms with Gasteiger partial charge in [0, 0.05) is 69.7 Å². The molecule has 0 unspecified atom stereocenters. The maximum atomic E-state index is 5.42. The van der Waals surface area contributed by atoms with Crippen molar-refractivity contribution in [2.75, 3.05) is 0 Å². The Hall–Kier alpha value is -9.23. The summed E-state index contributed by atoms with van der Waals surface area (Å²) >= 11 is 1.85. The van der Waals surface area contributed by atoms with Crippen LogP contribution in [0.4, 0.5) is 0 Å². The van der Waals surface area contributed by atoms with Gasteiger partial charge in [0.25, 0.3) is 0 Å². The van der Waals surface area contributed by atoms with Gasteiger partial charge in [-0.05, 0) is 106 Å². The van der Waals surface area contributed by atoms with Gasteiger partial charge in [0.15, 0.2) is 17.5 Å². The van der Waals surface area contributed by atoms with Crippen molar-refractivity contribution in [3.05, 3.63) is 237 Å². The maximum Gasteiger partial charge on any atom is 0.164 e. The van der Waals surface area contributed by atoms with Crippen LogP contribution in [0.3, 0.4) is 0 Å². The first-order chi connectivity index (χ1) is 35.2. The van der Waals surface area contributed by atoms with Crippen LogP contribution in [0.25, 0.3) is 142 Å².